The number of likely N-dealkylation sites (N-methyl/N-ethyl adjacent to an activating group) is 1. The Morgan fingerprint density at radius 1 is 1.09 bits per heavy atom. The van der Waals surface area contributed by atoms with Gasteiger partial charge in [-0.3, -0.25) is 14.4 Å². The maximum atomic E-state index is 14.1. The lowest BCUT2D eigenvalue weighted by Crippen LogP contribution is -2.64. The average Bonchev–Trinajstić information content (AvgIpc) is 3.53. The molecular weight excluding hydrogens is 560 g/mol. The Hall–Kier alpha value is -4.18. The number of fused-ring (bicyclic) bond motifs is 1. The number of nitrogens with one attached hydrogen (secondary N) is 3. The number of rotatable bonds is 5. The number of para-hydroxylation sites is 1. The van der Waals surface area contributed by atoms with Crippen LogP contribution in [0.3, 0.4) is 0 Å². The zero-order valence-electron chi connectivity index (χ0n) is 25.8. The van der Waals surface area contributed by atoms with Gasteiger partial charge in [0.15, 0.2) is 0 Å². The van der Waals surface area contributed by atoms with Gasteiger partial charge in [-0.15, -0.1) is 0 Å². The molecule has 44 heavy (non-hydrogen) atoms. The zero-order valence-corrected chi connectivity index (χ0v) is 25.8. The number of carboxylic acid groups (broad SMARTS) is 1. The number of hydrogen-bond donors (Lipinski definition) is 4. The first-order valence-corrected chi connectivity index (χ1v) is 15.5. The number of ether oxygens (including phenoxy) is 1. The van der Waals surface area contributed by atoms with Crippen LogP contribution in [0.25, 0.3) is 6.08 Å². The van der Waals surface area contributed by atoms with Crippen molar-refractivity contribution in [3.8, 4) is 5.75 Å². The summed E-state index contributed by atoms with van der Waals surface area (Å²) in [6, 6.07) is 12.4. The fourth-order valence-corrected chi connectivity index (χ4v) is 5.98. The van der Waals surface area contributed by atoms with Gasteiger partial charge in [0.2, 0.25) is 17.7 Å². The molecule has 3 amide bonds. The second-order valence-corrected chi connectivity index (χ2v) is 11.7. The number of carbonyl (C=O) groups is 4. The Morgan fingerprint density at radius 3 is 2.48 bits per heavy atom. The van der Waals surface area contributed by atoms with E-state index in [4.69, 9.17) is 4.74 Å². The molecule has 1 aliphatic heterocycles. The molecular formula is C34H44N4O6. The molecule has 0 saturated heterocycles. The number of amides is 3. The van der Waals surface area contributed by atoms with Crippen molar-refractivity contribution in [2.75, 3.05) is 26.7 Å². The van der Waals surface area contributed by atoms with Gasteiger partial charge in [-0.2, -0.15) is 0 Å². The summed E-state index contributed by atoms with van der Waals surface area (Å²) in [5.74, 6) is -1.23. The summed E-state index contributed by atoms with van der Waals surface area (Å²) in [5.41, 5.74) is 0.599. The summed E-state index contributed by atoms with van der Waals surface area (Å²) in [6.07, 6.45) is 7.20. The molecule has 1 spiro atoms. The second kappa shape index (κ2) is 15.0. The first-order chi connectivity index (χ1) is 21.2. The minimum Gasteiger partial charge on any atom is -0.492 e. The predicted molar refractivity (Wildman–Crippen MR) is 168 cm³/mol. The summed E-state index contributed by atoms with van der Waals surface area (Å²) >= 11 is 0. The Labute approximate surface area is 259 Å². The third-order valence-corrected chi connectivity index (χ3v) is 8.90. The highest BCUT2D eigenvalue weighted by molar-refractivity contribution is 5.96. The smallest absolute Gasteiger partial charge is 0.335 e. The molecule has 1 fully saturated rings. The van der Waals surface area contributed by atoms with Crippen molar-refractivity contribution >= 4 is 29.8 Å². The highest BCUT2D eigenvalue weighted by Gasteiger charge is 2.49. The van der Waals surface area contributed by atoms with Crippen molar-refractivity contribution in [2.24, 2.45) is 5.92 Å². The minimum atomic E-state index is -1.09. The molecule has 3 atom stereocenters. The quantitative estimate of drug-likeness (QED) is 0.411. The van der Waals surface area contributed by atoms with Gasteiger partial charge >= 0.3 is 5.97 Å². The maximum absolute atomic E-state index is 14.1. The molecule has 0 unspecified atom stereocenters. The molecule has 1 aliphatic carbocycles. The normalized spacial score (nSPS) is 23.0. The average molecular weight is 605 g/mol. The molecule has 2 aromatic carbocycles. The molecule has 2 aromatic rings. The fourth-order valence-electron chi connectivity index (χ4n) is 5.98. The summed E-state index contributed by atoms with van der Waals surface area (Å²) in [6.45, 7) is 5.08. The van der Waals surface area contributed by atoms with Crippen LogP contribution < -0.4 is 20.7 Å². The molecule has 0 bridgehead atoms. The van der Waals surface area contributed by atoms with Crippen molar-refractivity contribution in [1.29, 1.82) is 0 Å². The molecule has 1 saturated carbocycles. The molecule has 4 rings (SSSR count). The predicted octanol–water partition coefficient (Wildman–Crippen LogP) is 3.41. The highest BCUT2D eigenvalue weighted by Crippen LogP contribution is 2.36. The Bertz CT molecular complexity index is 1350. The third kappa shape index (κ3) is 7.66. The van der Waals surface area contributed by atoms with E-state index in [-0.39, 0.29) is 42.2 Å². The van der Waals surface area contributed by atoms with E-state index in [0.29, 0.717) is 37.3 Å². The lowest BCUT2D eigenvalue weighted by Gasteiger charge is -2.41. The monoisotopic (exact) mass is 604 g/mol. The van der Waals surface area contributed by atoms with Crippen LogP contribution in [0.5, 0.6) is 5.75 Å². The van der Waals surface area contributed by atoms with Crippen molar-refractivity contribution in [3.05, 3.63) is 71.3 Å². The molecule has 4 N–H and O–H groups in total. The van der Waals surface area contributed by atoms with E-state index < -0.39 is 23.6 Å². The van der Waals surface area contributed by atoms with Gasteiger partial charge in [-0.05, 0) is 42.5 Å². The third-order valence-electron chi connectivity index (χ3n) is 8.90. The fraction of sp³-hybridized carbons (Fsp3) is 0.471. The van der Waals surface area contributed by atoms with Crippen molar-refractivity contribution < 1.29 is 29.0 Å². The molecule has 10 heteroatoms. The van der Waals surface area contributed by atoms with Crippen LogP contribution in [0.4, 0.5) is 0 Å². The molecule has 1 heterocycles. The number of hydrogen-bond acceptors (Lipinski definition) is 6. The van der Waals surface area contributed by atoms with E-state index in [1.807, 2.05) is 50.3 Å². The van der Waals surface area contributed by atoms with Crippen molar-refractivity contribution in [3.63, 3.8) is 0 Å². The van der Waals surface area contributed by atoms with Gasteiger partial charge < -0.3 is 30.7 Å². The molecule has 0 aromatic heterocycles. The summed E-state index contributed by atoms with van der Waals surface area (Å²) in [4.78, 5) is 54.7. The van der Waals surface area contributed by atoms with Crippen LogP contribution in [0.1, 0.15) is 67.4 Å². The van der Waals surface area contributed by atoms with Crippen LogP contribution in [0, 0.1) is 5.92 Å². The number of carboxylic acids is 1. The first-order valence-electron chi connectivity index (χ1n) is 15.5. The summed E-state index contributed by atoms with van der Waals surface area (Å²) in [7, 11) is 1.69. The number of carbonyl (C=O) groups excluding carboxylic acids is 3. The van der Waals surface area contributed by atoms with Gasteiger partial charge in [-0.25, -0.2) is 4.79 Å². The standard InChI is InChI=1S/C34H44N4O6/c1-4-23(2)29-31(40)38(3)34(17-7-8-18-34)33(43)37-27(22-24-13-15-26(16-14-24)32(41)42)30(39)36-19-9-11-25-10-5-6-12-28(25)44-21-20-35-29/h5-6,9-16,23,27,29,35H,4,7-8,17-22H2,1-3H3,(H,36,39)(H,37,43)(H,41,42)/b11-9-/t23-,27-,29-/m0/s1. The Morgan fingerprint density at radius 2 is 1.80 bits per heavy atom. The summed E-state index contributed by atoms with van der Waals surface area (Å²) in [5, 5.41) is 18.6. The van der Waals surface area contributed by atoms with Crippen LogP contribution >= 0.6 is 0 Å². The van der Waals surface area contributed by atoms with Gasteiger partial charge in [0.25, 0.3) is 0 Å². The van der Waals surface area contributed by atoms with E-state index in [9.17, 15) is 24.3 Å². The van der Waals surface area contributed by atoms with Crippen molar-refractivity contribution in [2.45, 2.75) is 70.0 Å². The van der Waals surface area contributed by atoms with E-state index in [0.717, 1.165) is 24.8 Å². The molecule has 2 aliphatic rings. The molecule has 10 nitrogen and oxygen atoms in total. The lowest BCUT2D eigenvalue weighted by atomic mass is 9.90. The maximum Gasteiger partial charge on any atom is 0.335 e. The minimum absolute atomic E-state index is 0.0135. The first kappa shape index (κ1) is 32.7. The lowest BCUT2D eigenvalue weighted by molar-refractivity contribution is -0.149. The Kier molecular flexibility index (Phi) is 11.2. The van der Waals surface area contributed by atoms with Gasteiger partial charge in [-0.1, -0.05) is 75.6 Å². The second-order valence-electron chi connectivity index (χ2n) is 11.7. The molecule has 236 valence electrons. The SMILES string of the molecule is CC[C@H](C)[C@@H]1NCCOc2ccccc2/C=C\CNC(=O)[C@H](Cc2ccc(C(=O)O)cc2)NC(=O)C2(CCCC2)N(C)C1=O. The van der Waals surface area contributed by atoms with Crippen LogP contribution in [-0.4, -0.2) is 78.1 Å². The van der Waals surface area contributed by atoms with Crippen molar-refractivity contribution in [1.82, 2.24) is 20.9 Å². The molecule has 0 radical (unpaired) electrons. The number of nitrogens with zero attached hydrogens (tertiary/aromatic N) is 1. The van der Waals surface area contributed by atoms with Gasteiger partial charge in [0.1, 0.15) is 23.9 Å². The van der Waals surface area contributed by atoms with Gasteiger partial charge in [0, 0.05) is 32.1 Å². The largest absolute Gasteiger partial charge is 0.492 e. The number of aromatic carboxylic acids is 1. The Balaban J connectivity index is 1.68. The van der Waals surface area contributed by atoms with Gasteiger partial charge in [0.05, 0.1) is 11.6 Å². The van der Waals surface area contributed by atoms with E-state index in [1.54, 1.807) is 24.1 Å². The van der Waals surface area contributed by atoms with E-state index in [1.165, 1.54) is 12.1 Å². The van der Waals surface area contributed by atoms with Crippen LogP contribution in [0.15, 0.2) is 54.6 Å². The zero-order chi connectivity index (χ0) is 31.7. The van der Waals surface area contributed by atoms with Crippen LogP contribution in [-0.2, 0) is 20.8 Å². The summed E-state index contributed by atoms with van der Waals surface area (Å²) < 4.78 is 6.07. The van der Waals surface area contributed by atoms with Crippen LogP contribution in [0.2, 0.25) is 0 Å². The van der Waals surface area contributed by atoms with E-state index >= 15 is 0 Å². The highest BCUT2D eigenvalue weighted by atomic mass is 16.5. The topological polar surface area (TPSA) is 137 Å². The number of benzene rings is 2. The van der Waals surface area contributed by atoms with E-state index in [2.05, 4.69) is 16.0 Å².